The normalized spacial score (nSPS) is 12.8. The molecule has 1 atom stereocenters. The summed E-state index contributed by atoms with van der Waals surface area (Å²) in [6, 6.07) is 70.2. The molecule has 1 saturated carbocycles. The molecule has 11 aromatic carbocycles. The number of H-pyrrole nitrogens is 5. The monoisotopic (exact) mass is 2060 g/mol. The van der Waals surface area contributed by atoms with E-state index in [1.165, 1.54) is 56.8 Å². The molecule has 3 amide bonds. The number of thiophene rings is 1. The first-order chi connectivity index (χ1) is 68.7. The summed E-state index contributed by atoms with van der Waals surface area (Å²) in [4.78, 5) is 41.3. The highest BCUT2D eigenvalue weighted by molar-refractivity contribution is 7.94. The van der Waals surface area contributed by atoms with Gasteiger partial charge in [0.15, 0.2) is 5.76 Å². The molecule has 0 aliphatic heterocycles. The standard InChI is InChI=1S/C24H14F6N4O2S2.C23H17N3O2.C21H25N3O3.C18H11Cl2N3O2.C16H15F3N4O2S/c25-23(26,27)14-9-13(10-15(11-14)24(28,29)30)22-17-12-16(4-5-18(17)32-33-22)34-38(35,36)21-7-6-20(37-21)19-3-1-2-8-31-19;27-23(13-8-9-13)24-14-10-11-19-18(12-14)21(26-25-19)17-6-3-5-16-15-4-1-2-7-20(15)28-22(16)17;1-4-21(3,26)13-19(25)22-15-9-10-18-17(12-15)20(24-23-18)14-7-6-8-16(11-14)27-5-2;19-10-3-5-12(14(20)8-10)17-13-9-11(4-6-15(13)22-23-17)21-18(24)16-2-1-7-25-16;1-23(2)26(24,25)22-12-7-8-14-13(9-12)15(21-20-14)10-3-5-11(6-4-10)16(17,18)19/h1-12,34H,(H,32,33);1-7,10-13H,8-9H2,(H,24,27)(H,25,26);6-12,26H,4-5,13H2,1-3H3,(H,22,25)(H,23,24);1-9H,(H,21,24)(H,22,23);3-9,22H,1-2H3,(H,20,21). The average molecular weight is 2060 g/mol. The number of aromatic amines is 5. The fourth-order valence-electron chi connectivity index (χ4n) is 15.3. The number of fused-ring (bicyclic) bond motifs is 8. The van der Waals surface area contributed by atoms with Gasteiger partial charge in [0.1, 0.15) is 43.9 Å². The highest BCUT2D eigenvalue weighted by atomic mass is 35.5. The molecule has 736 valence electrons. The van der Waals surface area contributed by atoms with Crippen LogP contribution in [0.15, 0.2) is 286 Å². The second kappa shape index (κ2) is 41.1. The summed E-state index contributed by atoms with van der Waals surface area (Å²) >= 11 is 13.2. The van der Waals surface area contributed by atoms with Gasteiger partial charge in [0.25, 0.3) is 15.9 Å². The van der Waals surface area contributed by atoms with Crippen molar-refractivity contribution in [2.45, 2.75) is 74.8 Å². The van der Waals surface area contributed by atoms with Gasteiger partial charge in [0.2, 0.25) is 11.8 Å². The second-order valence-corrected chi connectivity index (χ2v) is 39.2. The van der Waals surface area contributed by atoms with Crippen molar-refractivity contribution in [2.24, 2.45) is 5.92 Å². The number of furan rings is 2. The van der Waals surface area contributed by atoms with Crippen molar-refractivity contribution < 1.29 is 89.4 Å². The number of carbonyl (C=O) groups excluding carboxylic acids is 3. The zero-order valence-corrected chi connectivity index (χ0v) is 80.1. The minimum absolute atomic E-state index is 0.0154. The number of hydrogen-bond acceptors (Lipinski definition) is 18. The molecule has 0 spiro atoms. The summed E-state index contributed by atoms with van der Waals surface area (Å²) in [5.74, 6) is 0.766. The lowest BCUT2D eigenvalue weighted by atomic mass is 9.99. The van der Waals surface area contributed by atoms with E-state index >= 15 is 0 Å². The molecule has 20 aromatic rings. The summed E-state index contributed by atoms with van der Waals surface area (Å²) in [5, 5.41) is 61.2. The molecule has 1 aliphatic rings. The van der Waals surface area contributed by atoms with Crippen LogP contribution in [0.3, 0.4) is 0 Å². The third-order valence-electron chi connectivity index (χ3n) is 23.0. The number of rotatable bonds is 22. The predicted octanol–water partition coefficient (Wildman–Crippen LogP) is 25.6. The van der Waals surface area contributed by atoms with Gasteiger partial charge in [0.05, 0.1) is 96.1 Å². The fraction of sp³-hybridized carbons (Fsp3) is 0.147. The van der Waals surface area contributed by atoms with E-state index in [1.54, 1.807) is 85.9 Å². The number of benzene rings is 11. The molecule has 1 aliphatic carbocycles. The van der Waals surface area contributed by atoms with Crippen molar-refractivity contribution >= 4 is 177 Å². The van der Waals surface area contributed by atoms with E-state index in [1.807, 2.05) is 123 Å². The molecule has 9 heterocycles. The first-order valence-corrected chi connectivity index (χ1v) is 48.6. The van der Waals surface area contributed by atoms with Crippen molar-refractivity contribution in [3.63, 3.8) is 0 Å². The molecule has 1 unspecified atom stereocenters. The molecule has 0 radical (unpaired) electrons. The van der Waals surface area contributed by atoms with Gasteiger partial charge in [0, 0.05) is 120 Å². The fourth-order valence-corrected chi connectivity index (χ4v) is 18.8. The van der Waals surface area contributed by atoms with Gasteiger partial charge < -0.3 is 34.6 Å². The van der Waals surface area contributed by atoms with Gasteiger partial charge in [-0.25, -0.2) is 8.42 Å². The number of nitrogens with zero attached hydrogens (tertiary/aromatic N) is 7. The van der Waals surface area contributed by atoms with E-state index in [2.05, 4.69) is 93.5 Å². The summed E-state index contributed by atoms with van der Waals surface area (Å²) in [6.45, 7) is 6.06. The lowest BCUT2D eigenvalue weighted by Crippen LogP contribution is -2.29. The Morgan fingerprint density at radius 3 is 1.56 bits per heavy atom. The Labute approximate surface area is 827 Å². The number of halogens is 11. The van der Waals surface area contributed by atoms with Crippen molar-refractivity contribution in [1.29, 1.82) is 0 Å². The minimum atomic E-state index is -5.03. The Balaban J connectivity index is 0.000000125. The van der Waals surface area contributed by atoms with Gasteiger partial charge in [-0.15, -0.1) is 11.3 Å². The van der Waals surface area contributed by atoms with Crippen LogP contribution >= 0.6 is 34.5 Å². The SMILES string of the molecule is CCOc1cccc(-c2n[nH]c3ccc(NC(=O)CC(C)(O)CC)cc23)c1.CN(C)S(=O)(=O)Nc1ccc2[nH]nc(-c3ccc(C(F)(F)F)cc3)c2c1.O=C(Nc1ccc2[nH]nc(-c3ccc(Cl)cc3Cl)c2c1)c1ccco1.O=C(Nc1ccc2[nH]nc(-c3cccc4c3oc3ccccc34)c2c1)C1CC1.O=S(=O)(Nc1ccc2[nH]nc(-c3cc(C(F)(F)F)cc(C(F)(F)F)c3)c2c1)c1ccc(-c2ccccn2)s1. The van der Waals surface area contributed by atoms with Crippen LogP contribution in [0, 0.1) is 5.92 Å². The summed E-state index contributed by atoms with van der Waals surface area (Å²) < 4.78 is 191. The summed E-state index contributed by atoms with van der Waals surface area (Å²) in [7, 11) is -4.95. The number of aliphatic hydroxyl groups is 1. The van der Waals surface area contributed by atoms with Crippen molar-refractivity contribution in [1.82, 2.24) is 60.3 Å². The van der Waals surface area contributed by atoms with Gasteiger partial charge in [-0.2, -0.15) is 77.7 Å². The van der Waals surface area contributed by atoms with E-state index < -0.39 is 66.6 Å². The lowest BCUT2D eigenvalue weighted by molar-refractivity contribution is -0.143. The molecular weight excluding hydrogens is 1980 g/mol. The number of sulfonamides is 1. The number of anilines is 5. The number of para-hydroxylation sites is 2. The van der Waals surface area contributed by atoms with Crippen molar-refractivity contribution in [3.05, 3.63) is 306 Å². The van der Waals surface area contributed by atoms with Gasteiger partial charge in [-0.3, -0.25) is 54.3 Å². The number of nitrogens with one attached hydrogen (secondary N) is 10. The average Bonchev–Trinajstić information content (AvgIpc) is 1.60. The maximum Gasteiger partial charge on any atom is 0.416 e. The predicted molar refractivity (Wildman–Crippen MR) is 538 cm³/mol. The smallest absolute Gasteiger partial charge is 0.416 e. The molecule has 144 heavy (non-hydrogen) atoms. The molecule has 42 heteroatoms. The maximum atomic E-state index is 13.3. The molecule has 11 N–H and O–H groups in total. The first-order valence-electron chi connectivity index (χ1n) is 44.1. The van der Waals surface area contributed by atoms with E-state index in [0.717, 1.165) is 135 Å². The van der Waals surface area contributed by atoms with Crippen molar-refractivity contribution in [3.8, 4) is 72.6 Å². The van der Waals surface area contributed by atoms with Crippen LogP contribution in [-0.4, -0.2) is 126 Å². The molecule has 21 rings (SSSR count). The number of aromatic nitrogens is 11. The third kappa shape index (κ3) is 22.9. The topological polar surface area (TPSA) is 395 Å². The number of amides is 3. The van der Waals surface area contributed by atoms with Crippen LogP contribution in [0.4, 0.5) is 68.0 Å². The molecule has 9 aromatic heterocycles. The van der Waals surface area contributed by atoms with E-state index in [9.17, 15) is 75.8 Å². The quantitative estimate of drug-likeness (QED) is 0.0281. The van der Waals surface area contributed by atoms with Crippen LogP contribution in [0.2, 0.25) is 10.0 Å². The Hall–Kier alpha value is -15.7. The highest BCUT2D eigenvalue weighted by Crippen LogP contribution is 2.45. The van der Waals surface area contributed by atoms with E-state index in [-0.39, 0.29) is 68.4 Å². The molecule has 0 saturated heterocycles. The van der Waals surface area contributed by atoms with Crippen LogP contribution in [0.5, 0.6) is 5.75 Å². The Morgan fingerprint density at radius 2 is 1.01 bits per heavy atom. The summed E-state index contributed by atoms with van der Waals surface area (Å²) in [6.07, 6.45) is -8.91. The number of alkyl halides is 9. The third-order valence-corrected chi connectivity index (χ3v) is 28.0. The molecule has 1 fully saturated rings. The maximum absolute atomic E-state index is 13.3. The zero-order chi connectivity index (χ0) is 102. The number of ether oxygens (including phenoxy) is 1. The van der Waals surface area contributed by atoms with Crippen LogP contribution in [0.1, 0.15) is 73.7 Å². The number of hydrogen-bond donors (Lipinski definition) is 11. The Kier molecular flexibility index (Phi) is 28.5. The Bertz CT molecular complexity index is 8400. The van der Waals surface area contributed by atoms with Crippen LogP contribution < -0.4 is 30.1 Å². The van der Waals surface area contributed by atoms with Crippen molar-refractivity contribution in [2.75, 3.05) is 46.1 Å². The lowest BCUT2D eigenvalue weighted by Gasteiger charge is -2.20. The Morgan fingerprint density at radius 1 is 0.493 bits per heavy atom. The zero-order valence-electron chi connectivity index (χ0n) is 76.1. The molecular formula is C102H82Cl2F9N17O11S3. The van der Waals surface area contributed by atoms with Gasteiger partial charge in [-0.05, 0) is 233 Å². The number of pyridine rings is 1. The van der Waals surface area contributed by atoms with E-state index in [4.69, 9.17) is 36.8 Å². The number of carbonyl (C=O) groups is 3. The van der Waals surface area contributed by atoms with Crippen LogP contribution in [-0.2, 0) is 48.4 Å². The first kappa shape index (κ1) is 99.8. The summed E-state index contributed by atoms with van der Waals surface area (Å²) in [5.41, 5.74) is 8.74. The minimum Gasteiger partial charge on any atom is -0.494 e. The molecule has 28 nitrogen and oxygen atoms in total. The largest absolute Gasteiger partial charge is 0.494 e. The molecule has 0 bridgehead atoms. The van der Waals surface area contributed by atoms with Crippen LogP contribution in [0.25, 0.3) is 143 Å². The highest BCUT2D eigenvalue weighted by Gasteiger charge is 2.39. The van der Waals surface area contributed by atoms with Gasteiger partial charge in [-0.1, -0.05) is 90.8 Å². The second-order valence-electron chi connectivity index (χ2n) is 33.5. The van der Waals surface area contributed by atoms with Gasteiger partial charge >= 0.3 is 28.7 Å². The van der Waals surface area contributed by atoms with E-state index in [0.29, 0.717) is 90.7 Å².